The summed E-state index contributed by atoms with van der Waals surface area (Å²) in [5.41, 5.74) is 0.394. The van der Waals surface area contributed by atoms with Crippen molar-refractivity contribution in [2.24, 2.45) is 0 Å². The Labute approximate surface area is 104 Å². The third-order valence-corrected chi connectivity index (χ3v) is 1.92. The van der Waals surface area contributed by atoms with E-state index < -0.39 is 11.7 Å². The molecule has 0 aromatic rings. The molecule has 0 saturated heterocycles. The maximum Gasteiger partial charge on any atom is 0.408 e. The lowest BCUT2D eigenvalue weighted by atomic mass is 10.1. The van der Waals surface area contributed by atoms with Crippen LogP contribution < -0.4 is 10.6 Å². The van der Waals surface area contributed by atoms with Crippen LogP contribution in [0.15, 0.2) is 24.8 Å². The number of amides is 1. The molecule has 1 amide bonds. The van der Waals surface area contributed by atoms with Crippen molar-refractivity contribution in [1.29, 1.82) is 0 Å². The lowest BCUT2D eigenvalue weighted by Gasteiger charge is -2.24. The van der Waals surface area contributed by atoms with Gasteiger partial charge in [0.1, 0.15) is 5.60 Å². The van der Waals surface area contributed by atoms with Gasteiger partial charge in [0.2, 0.25) is 0 Å². The fourth-order valence-corrected chi connectivity index (χ4v) is 1.13. The number of rotatable bonds is 6. The molecule has 0 aliphatic carbocycles. The smallest absolute Gasteiger partial charge is 0.408 e. The molecule has 0 aliphatic rings. The van der Waals surface area contributed by atoms with E-state index in [-0.39, 0.29) is 6.04 Å². The Bertz CT molecular complexity index is 280. The van der Waals surface area contributed by atoms with E-state index in [0.717, 1.165) is 5.57 Å². The number of alkyl carbamates (subject to hydrolysis) is 1. The third kappa shape index (κ3) is 8.51. The van der Waals surface area contributed by atoms with E-state index in [1.165, 1.54) is 0 Å². The summed E-state index contributed by atoms with van der Waals surface area (Å²) < 4.78 is 5.19. The van der Waals surface area contributed by atoms with Crippen LogP contribution in [-0.2, 0) is 4.74 Å². The highest BCUT2D eigenvalue weighted by atomic mass is 16.6. The van der Waals surface area contributed by atoms with Crippen molar-refractivity contribution in [1.82, 2.24) is 10.6 Å². The molecule has 0 bridgehead atoms. The van der Waals surface area contributed by atoms with Gasteiger partial charge in [-0.15, -0.1) is 6.58 Å². The summed E-state index contributed by atoms with van der Waals surface area (Å²) in [5.74, 6) is 0. The normalized spacial score (nSPS) is 12.7. The Morgan fingerprint density at radius 3 is 2.47 bits per heavy atom. The summed E-state index contributed by atoms with van der Waals surface area (Å²) in [7, 11) is 0. The fourth-order valence-electron chi connectivity index (χ4n) is 1.13. The van der Waals surface area contributed by atoms with Gasteiger partial charge in [-0.2, -0.15) is 0 Å². The van der Waals surface area contributed by atoms with Crippen molar-refractivity contribution in [2.45, 2.75) is 39.3 Å². The number of carbonyl (C=O) groups excluding carboxylic acids is 1. The van der Waals surface area contributed by atoms with Crippen LogP contribution in [0.4, 0.5) is 4.79 Å². The predicted octanol–water partition coefficient (Wildman–Crippen LogP) is 2.23. The lowest BCUT2D eigenvalue weighted by molar-refractivity contribution is 0.0512. The number of hydrogen-bond acceptors (Lipinski definition) is 3. The van der Waals surface area contributed by atoms with Gasteiger partial charge in [0.25, 0.3) is 0 Å². The molecule has 0 radical (unpaired) electrons. The van der Waals surface area contributed by atoms with Crippen molar-refractivity contribution < 1.29 is 9.53 Å². The minimum Gasteiger partial charge on any atom is -0.444 e. The summed E-state index contributed by atoms with van der Waals surface area (Å²) in [5, 5.41) is 5.91. The summed E-state index contributed by atoms with van der Waals surface area (Å²) in [4.78, 5) is 11.6. The quantitative estimate of drug-likeness (QED) is 0.553. The Morgan fingerprint density at radius 1 is 1.47 bits per heavy atom. The second-order valence-electron chi connectivity index (χ2n) is 4.99. The summed E-state index contributed by atoms with van der Waals surface area (Å²) in [6.45, 7) is 16.1. The number of hydrogen-bond donors (Lipinski definition) is 2. The van der Waals surface area contributed by atoms with E-state index >= 15 is 0 Å². The highest BCUT2D eigenvalue weighted by molar-refractivity contribution is 5.68. The third-order valence-electron chi connectivity index (χ3n) is 1.92. The zero-order valence-electron chi connectivity index (χ0n) is 11.3. The van der Waals surface area contributed by atoms with Gasteiger partial charge in [-0.3, -0.25) is 0 Å². The molecular formula is C13H24N2O2. The number of nitrogens with one attached hydrogen (secondary N) is 2. The van der Waals surface area contributed by atoms with Crippen molar-refractivity contribution in [3.05, 3.63) is 24.8 Å². The van der Waals surface area contributed by atoms with Gasteiger partial charge in [-0.25, -0.2) is 4.79 Å². The Hall–Kier alpha value is -1.29. The Morgan fingerprint density at radius 2 is 2.06 bits per heavy atom. The van der Waals surface area contributed by atoms with Gasteiger partial charge in [-0.1, -0.05) is 18.2 Å². The first-order valence-corrected chi connectivity index (χ1v) is 5.73. The van der Waals surface area contributed by atoms with Crippen LogP contribution in [0.1, 0.15) is 27.7 Å². The van der Waals surface area contributed by atoms with Gasteiger partial charge < -0.3 is 15.4 Å². The maximum absolute atomic E-state index is 11.6. The van der Waals surface area contributed by atoms with Crippen LogP contribution in [0.25, 0.3) is 0 Å². The van der Waals surface area contributed by atoms with Gasteiger partial charge in [-0.05, 0) is 27.7 Å². The van der Waals surface area contributed by atoms with Crippen LogP contribution in [0.2, 0.25) is 0 Å². The van der Waals surface area contributed by atoms with Crippen molar-refractivity contribution >= 4 is 6.09 Å². The summed E-state index contributed by atoms with van der Waals surface area (Å²) >= 11 is 0. The second-order valence-corrected chi connectivity index (χ2v) is 4.99. The van der Waals surface area contributed by atoms with E-state index in [1.807, 2.05) is 27.7 Å². The molecule has 2 N–H and O–H groups in total. The van der Waals surface area contributed by atoms with Gasteiger partial charge >= 0.3 is 6.09 Å². The molecule has 1 atom stereocenters. The largest absolute Gasteiger partial charge is 0.444 e. The molecule has 0 aromatic carbocycles. The van der Waals surface area contributed by atoms with E-state index in [4.69, 9.17) is 4.74 Å². The minimum atomic E-state index is -0.488. The number of ether oxygens (including phenoxy) is 1. The van der Waals surface area contributed by atoms with Gasteiger partial charge in [0.15, 0.2) is 0 Å². The fraction of sp³-hybridized carbons (Fsp3) is 0.615. The molecule has 0 spiro atoms. The van der Waals surface area contributed by atoms with Gasteiger partial charge in [0.05, 0.1) is 6.04 Å². The zero-order valence-corrected chi connectivity index (χ0v) is 11.3. The molecule has 0 saturated carbocycles. The second kappa shape index (κ2) is 7.12. The molecular weight excluding hydrogens is 216 g/mol. The topological polar surface area (TPSA) is 50.4 Å². The van der Waals surface area contributed by atoms with Crippen LogP contribution in [0, 0.1) is 0 Å². The van der Waals surface area contributed by atoms with E-state index in [1.54, 1.807) is 6.08 Å². The van der Waals surface area contributed by atoms with Crippen LogP contribution in [0.3, 0.4) is 0 Å². The number of carbonyl (C=O) groups is 1. The first-order valence-electron chi connectivity index (χ1n) is 5.73. The minimum absolute atomic E-state index is 0.134. The molecule has 98 valence electrons. The lowest BCUT2D eigenvalue weighted by Crippen LogP contribution is -2.44. The van der Waals surface area contributed by atoms with Crippen LogP contribution in [0.5, 0.6) is 0 Å². The average molecular weight is 240 g/mol. The first kappa shape index (κ1) is 15.7. The van der Waals surface area contributed by atoms with Crippen molar-refractivity contribution in [3.8, 4) is 0 Å². The molecule has 0 aliphatic heterocycles. The van der Waals surface area contributed by atoms with Crippen molar-refractivity contribution in [2.75, 3.05) is 13.1 Å². The van der Waals surface area contributed by atoms with Crippen molar-refractivity contribution in [3.63, 3.8) is 0 Å². The molecule has 0 fully saturated rings. The zero-order chi connectivity index (χ0) is 13.5. The highest BCUT2D eigenvalue weighted by Gasteiger charge is 2.19. The maximum atomic E-state index is 11.6. The predicted molar refractivity (Wildman–Crippen MR) is 71.0 cm³/mol. The first-order chi connectivity index (χ1) is 7.76. The Balaban J connectivity index is 4.20. The van der Waals surface area contributed by atoms with Crippen LogP contribution in [-0.4, -0.2) is 30.8 Å². The molecule has 0 heterocycles. The molecule has 4 nitrogen and oxygen atoms in total. The molecule has 17 heavy (non-hydrogen) atoms. The van der Waals surface area contributed by atoms with E-state index in [9.17, 15) is 4.79 Å². The van der Waals surface area contributed by atoms with Gasteiger partial charge in [0, 0.05) is 13.1 Å². The van der Waals surface area contributed by atoms with E-state index in [2.05, 4.69) is 23.8 Å². The molecule has 4 heteroatoms. The molecule has 0 unspecified atom stereocenters. The molecule has 0 rings (SSSR count). The Kier molecular flexibility index (Phi) is 6.58. The summed E-state index contributed by atoms with van der Waals surface area (Å²) in [6.07, 6.45) is 1.34. The summed E-state index contributed by atoms with van der Waals surface area (Å²) in [6, 6.07) is -0.134. The average Bonchev–Trinajstić information content (AvgIpc) is 2.13. The highest BCUT2D eigenvalue weighted by Crippen LogP contribution is 2.07. The van der Waals surface area contributed by atoms with Crippen LogP contribution >= 0.6 is 0 Å². The monoisotopic (exact) mass is 240 g/mol. The SMILES string of the molecule is C=CCNC[C@@H](NC(=O)OC(C)(C)C)C(=C)C. The molecule has 0 aromatic heterocycles. The standard InChI is InChI=1S/C13H24N2O2/c1-7-8-14-9-11(10(2)3)15-12(16)17-13(4,5)6/h7,11,14H,1-2,8-9H2,3-6H3,(H,15,16)/t11-/m1/s1. The van der Waals surface area contributed by atoms with E-state index in [0.29, 0.717) is 13.1 Å².